The molecule has 2 saturated carbocycles. The van der Waals surface area contributed by atoms with Gasteiger partial charge >= 0.3 is 0 Å². The molecule has 0 aromatic rings. The zero-order chi connectivity index (χ0) is 13.6. The van der Waals surface area contributed by atoms with Crippen LogP contribution in [-0.2, 0) is 0 Å². The van der Waals surface area contributed by atoms with E-state index in [1.54, 1.807) is 0 Å². The fourth-order valence-corrected chi connectivity index (χ4v) is 5.72. The largest absolute Gasteiger partial charge is 0.328 e. The van der Waals surface area contributed by atoms with Crippen LogP contribution in [0.3, 0.4) is 0 Å². The molecule has 0 aromatic heterocycles. The molecular weight excluding hydrogens is 218 g/mol. The SMILES string of the molecule is CC[N+](C)(C)CC1(C)CC2CC(C)CC(C)(C2)C1. The van der Waals surface area contributed by atoms with Crippen molar-refractivity contribution in [2.24, 2.45) is 22.7 Å². The Kier molecular flexibility index (Phi) is 3.60. The lowest BCUT2D eigenvalue weighted by Gasteiger charge is -2.54. The second kappa shape index (κ2) is 4.51. The molecule has 0 heterocycles. The van der Waals surface area contributed by atoms with E-state index in [0.29, 0.717) is 10.8 Å². The molecule has 2 fully saturated rings. The van der Waals surface area contributed by atoms with Crippen LogP contribution in [0.1, 0.15) is 59.8 Å². The smallest absolute Gasteiger partial charge is 0.0837 e. The van der Waals surface area contributed by atoms with Crippen LogP contribution in [0.2, 0.25) is 0 Å². The summed E-state index contributed by atoms with van der Waals surface area (Å²) in [4.78, 5) is 0. The van der Waals surface area contributed by atoms with Crippen molar-refractivity contribution in [2.45, 2.75) is 59.8 Å². The summed E-state index contributed by atoms with van der Waals surface area (Å²) < 4.78 is 1.19. The second-order valence-corrected chi connectivity index (χ2v) is 9.03. The molecule has 0 saturated heterocycles. The zero-order valence-corrected chi connectivity index (χ0v) is 13.6. The van der Waals surface area contributed by atoms with Gasteiger partial charge in [-0.25, -0.2) is 0 Å². The third-order valence-electron chi connectivity index (χ3n) is 5.66. The number of hydrogen-bond donors (Lipinski definition) is 0. The van der Waals surface area contributed by atoms with Gasteiger partial charge in [-0.2, -0.15) is 0 Å². The van der Waals surface area contributed by atoms with Gasteiger partial charge in [0.1, 0.15) is 0 Å². The van der Waals surface area contributed by atoms with E-state index < -0.39 is 0 Å². The molecule has 4 atom stereocenters. The number of nitrogens with zero attached hydrogens (tertiary/aromatic N) is 1. The third-order valence-corrected chi connectivity index (χ3v) is 5.66. The van der Waals surface area contributed by atoms with Crippen molar-refractivity contribution < 1.29 is 4.48 Å². The summed E-state index contributed by atoms with van der Waals surface area (Å²) in [6.07, 6.45) is 7.41. The molecule has 2 aliphatic rings. The van der Waals surface area contributed by atoms with Crippen LogP contribution in [0.4, 0.5) is 0 Å². The van der Waals surface area contributed by atoms with Gasteiger partial charge in [0.25, 0.3) is 0 Å². The molecule has 0 radical (unpaired) electrons. The Bertz CT molecular complexity index is 305. The molecule has 106 valence electrons. The normalized spacial score (nSPS) is 45.0. The Morgan fingerprint density at radius 1 is 1.11 bits per heavy atom. The predicted octanol–water partition coefficient (Wildman–Crippen LogP) is 4.33. The van der Waals surface area contributed by atoms with Crippen molar-refractivity contribution >= 4 is 0 Å². The van der Waals surface area contributed by atoms with Gasteiger partial charge in [0.2, 0.25) is 0 Å². The lowest BCUT2D eigenvalue weighted by atomic mass is 9.53. The van der Waals surface area contributed by atoms with Gasteiger partial charge < -0.3 is 4.48 Å². The second-order valence-electron chi connectivity index (χ2n) is 9.03. The highest BCUT2D eigenvalue weighted by Gasteiger charge is 2.49. The van der Waals surface area contributed by atoms with Crippen LogP contribution in [0.5, 0.6) is 0 Å². The van der Waals surface area contributed by atoms with Crippen LogP contribution in [-0.4, -0.2) is 31.7 Å². The highest BCUT2D eigenvalue weighted by Crippen LogP contribution is 2.57. The summed E-state index contributed by atoms with van der Waals surface area (Å²) in [5, 5.41) is 0. The molecule has 0 aromatic carbocycles. The van der Waals surface area contributed by atoms with E-state index in [1.165, 1.54) is 49.7 Å². The van der Waals surface area contributed by atoms with Gasteiger partial charge in [-0.1, -0.05) is 20.8 Å². The van der Waals surface area contributed by atoms with Gasteiger partial charge in [-0.15, -0.1) is 0 Å². The third kappa shape index (κ3) is 3.10. The lowest BCUT2D eigenvalue weighted by molar-refractivity contribution is -0.895. The minimum absolute atomic E-state index is 0.581. The fourth-order valence-electron chi connectivity index (χ4n) is 5.72. The van der Waals surface area contributed by atoms with E-state index in [-0.39, 0.29) is 0 Å². The van der Waals surface area contributed by atoms with Crippen LogP contribution >= 0.6 is 0 Å². The minimum Gasteiger partial charge on any atom is -0.328 e. The van der Waals surface area contributed by atoms with Crippen molar-refractivity contribution in [3.05, 3.63) is 0 Å². The van der Waals surface area contributed by atoms with Crippen molar-refractivity contribution in [1.29, 1.82) is 0 Å². The van der Waals surface area contributed by atoms with Gasteiger partial charge in [0, 0.05) is 5.41 Å². The maximum atomic E-state index is 2.57. The maximum absolute atomic E-state index is 2.57. The number of hydrogen-bond acceptors (Lipinski definition) is 0. The summed E-state index contributed by atoms with van der Waals surface area (Å²) in [6, 6.07) is 0. The summed E-state index contributed by atoms with van der Waals surface area (Å²) >= 11 is 0. The van der Waals surface area contributed by atoms with Gasteiger partial charge in [-0.3, -0.25) is 0 Å². The molecule has 2 rings (SSSR count). The van der Waals surface area contributed by atoms with Crippen molar-refractivity contribution in [1.82, 2.24) is 0 Å². The van der Waals surface area contributed by atoms with Crippen LogP contribution in [0.25, 0.3) is 0 Å². The monoisotopic (exact) mass is 252 g/mol. The first-order valence-electron chi connectivity index (χ1n) is 7.97. The Morgan fingerprint density at radius 2 is 1.78 bits per heavy atom. The van der Waals surface area contributed by atoms with E-state index in [1.807, 2.05) is 0 Å². The fraction of sp³-hybridized carbons (Fsp3) is 1.00. The van der Waals surface area contributed by atoms with Crippen LogP contribution in [0.15, 0.2) is 0 Å². The van der Waals surface area contributed by atoms with E-state index in [2.05, 4.69) is 41.8 Å². The summed E-state index contributed by atoms with van der Waals surface area (Å²) in [6.45, 7) is 12.6. The first-order valence-corrected chi connectivity index (χ1v) is 7.97. The quantitative estimate of drug-likeness (QED) is 0.656. The molecule has 1 nitrogen and oxygen atoms in total. The summed E-state index contributed by atoms with van der Waals surface area (Å²) in [5.74, 6) is 1.97. The van der Waals surface area contributed by atoms with Crippen molar-refractivity contribution in [3.63, 3.8) is 0 Å². The molecule has 4 unspecified atom stereocenters. The van der Waals surface area contributed by atoms with E-state index in [9.17, 15) is 0 Å². The molecule has 0 N–H and O–H groups in total. The average Bonchev–Trinajstić information content (AvgIpc) is 2.11. The Morgan fingerprint density at radius 3 is 2.33 bits per heavy atom. The van der Waals surface area contributed by atoms with Gasteiger partial charge in [0.15, 0.2) is 0 Å². The predicted molar refractivity (Wildman–Crippen MR) is 79.5 cm³/mol. The first-order chi connectivity index (χ1) is 8.15. The standard InChI is InChI=1S/C17H34N/c1-7-18(5,6)13-17(4)11-15-8-14(2)9-16(3,10-15)12-17/h14-15H,7-13H2,1-6H3/q+1. The molecule has 0 aliphatic heterocycles. The summed E-state index contributed by atoms with van der Waals surface area (Å²) in [7, 11) is 4.81. The Hall–Kier alpha value is -0.0400. The number of quaternary nitrogens is 1. The first kappa shape index (κ1) is 14.4. The highest BCUT2D eigenvalue weighted by atomic mass is 15.3. The Labute approximate surface area is 115 Å². The van der Waals surface area contributed by atoms with Crippen molar-refractivity contribution in [2.75, 3.05) is 27.2 Å². The maximum Gasteiger partial charge on any atom is 0.0837 e. The van der Waals surface area contributed by atoms with Gasteiger partial charge in [0.05, 0.1) is 27.2 Å². The van der Waals surface area contributed by atoms with E-state index in [4.69, 9.17) is 0 Å². The topological polar surface area (TPSA) is 0 Å². The molecular formula is C17H34N+. The molecule has 0 amide bonds. The van der Waals surface area contributed by atoms with Crippen LogP contribution < -0.4 is 0 Å². The van der Waals surface area contributed by atoms with E-state index >= 15 is 0 Å². The minimum atomic E-state index is 0.581. The lowest BCUT2D eigenvalue weighted by Crippen LogP contribution is -2.52. The van der Waals surface area contributed by atoms with Crippen molar-refractivity contribution in [3.8, 4) is 0 Å². The number of rotatable bonds is 3. The molecule has 1 heteroatoms. The molecule has 0 spiro atoms. The highest BCUT2D eigenvalue weighted by molar-refractivity contribution is 4.97. The molecule has 2 aliphatic carbocycles. The molecule has 2 bridgehead atoms. The molecule has 18 heavy (non-hydrogen) atoms. The summed E-state index contributed by atoms with van der Waals surface area (Å²) in [5.41, 5.74) is 1.22. The Balaban J connectivity index is 2.12. The zero-order valence-electron chi connectivity index (χ0n) is 13.6. The number of fused-ring (bicyclic) bond motifs is 2. The average molecular weight is 252 g/mol. The van der Waals surface area contributed by atoms with E-state index in [0.717, 1.165) is 11.8 Å². The van der Waals surface area contributed by atoms with Crippen LogP contribution in [0, 0.1) is 22.7 Å². The van der Waals surface area contributed by atoms with Gasteiger partial charge in [-0.05, 0) is 56.3 Å².